The van der Waals surface area contributed by atoms with Gasteiger partial charge in [0.15, 0.2) is 0 Å². The number of anilines is 1. The summed E-state index contributed by atoms with van der Waals surface area (Å²) in [5.41, 5.74) is 3.57. The fraction of sp³-hybridized carbons (Fsp3) is 0.467. The molecule has 7 nitrogen and oxygen atoms in total. The van der Waals surface area contributed by atoms with Gasteiger partial charge in [0.25, 0.3) is 0 Å². The Morgan fingerprint density at radius 3 is 2.62 bits per heavy atom. The number of benzene rings is 1. The minimum atomic E-state index is -1.75. The number of fused-ring (bicyclic) bond motifs is 1. The Morgan fingerprint density at radius 1 is 1.33 bits per heavy atom. The molecule has 0 amide bonds. The SMILES string of the molecule is CN1CC=C(NCCCCCO)c2ccc(Cl)cc21.O=[N+]([O-])[O-].[I-]. The Balaban J connectivity index is 0.000000954. The van der Waals surface area contributed by atoms with Crippen LogP contribution in [-0.2, 0) is 0 Å². The summed E-state index contributed by atoms with van der Waals surface area (Å²) in [5, 5.41) is 27.8. The van der Waals surface area contributed by atoms with Gasteiger partial charge in [0.1, 0.15) is 0 Å². The fourth-order valence-electron chi connectivity index (χ4n) is 2.29. The van der Waals surface area contributed by atoms with Gasteiger partial charge in [-0.15, -0.1) is 0 Å². The van der Waals surface area contributed by atoms with Crippen molar-refractivity contribution in [1.29, 1.82) is 0 Å². The van der Waals surface area contributed by atoms with Crippen LogP contribution in [0, 0.1) is 15.3 Å². The van der Waals surface area contributed by atoms with E-state index in [0.717, 1.165) is 37.4 Å². The standard InChI is InChI=1S/C15H21ClN2O.HI.NO3/c1-18-9-7-14(17-8-3-2-4-10-19)13-6-5-12(16)11-15(13)18;;2-1(3)4/h5-7,11,17,19H,2-4,8-10H2,1H3;1H;/q;;-1/p-1. The van der Waals surface area contributed by atoms with Crippen LogP contribution in [0.5, 0.6) is 0 Å². The summed E-state index contributed by atoms with van der Waals surface area (Å²) < 4.78 is 0. The molecule has 0 unspecified atom stereocenters. The summed E-state index contributed by atoms with van der Waals surface area (Å²) in [6.07, 6.45) is 5.23. The minimum absolute atomic E-state index is 0. The third-order valence-electron chi connectivity index (χ3n) is 3.38. The van der Waals surface area contributed by atoms with E-state index >= 15 is 0 Å². The number of aliphatic hydroxyl groups is 1. The molecular formula is C15H21ClIN3O4-2. The van der Waals surface area contributed by atoms with Crippen LogP contribution in [0.3, 0.4) is 0 Å². The molecule has 0 spiro atoms. The van der Waals surface area contributed by atoms with Gasteiger partial charge >= 0.3 is 0 Å². The maximum Gasteiger partial charge on any atom is 0.0689 e. The Morgan fingerprint density at radius 2 is 2.00 bits per heavy atom. The second-order valence-electron chi connectivity index (χ2n) is 5.09. The highest BCUT2D eigenvalue weighted by Crippen LogP contribution is 2.31. The molecular weight excluding hydrogens is 449 g/mol. The lowest BCUT2D eigenvalue weighted by Gasteiger charge is -2.28. The van der Waals surface area contributed by atoms with E-state index in [4.69, 9.17) is 32.0 Å². The number of likely N-dealkylation sites (N-methyl/N-ethyl adjacent to an activating group) is 1. The maximum absolute atomic E-state index is 8.75. The molecule has 2 N–H and O–H groups in total. The summed E-state index contributed by atoms with van der Waals surface area (Å²) in [5.74, 6) is 0. The third kappa shape index (κ3) is 8.02. The van der Waals surface area contributed by atoms with Crippen molar-refractivity contribution in [2.24, 2.45) is 0 Å². The van der Waals surface area contributed by atoms with Crippen LogP contribution in [0.4, 0.5) is 5.69 Å². The van der Waals surface area contributed by atoms with Crippen molar-refractivity contribution in [3.05, 3.63) is 50.2 Å². The molecule has 0 bridgehead atoms. The third-order valence-corrected chi connectivity index (χ3v) is 3.62. The molecule has 0 atom stereocenters. The number of aliphatic hydroxyl groups excluding tert-OH is 1. The number of rotatable bonds is 6. The smallest absolute Gasteiger partial charge is 0.0689 e. The monoisotopic (exact) mass is 469 g/mol. The zero-order valence-electron chi connectivity index (χ0n) is 13.4. The van der Waals surface area contributed by atoms with Crippen molar-refractivity contribution in [1.82, 2.24) is 5.32 Å². The van der Waals surface area contributed by atoms with Crippen LogP contribution in [0.15, 0.2) is 24.3 Å². The van der Waals surface area contributed by atoms with E-state index in [1.54, 1.807) is 0 Å². The number of unbranched alkanes of at least 4 members (excludes halogenated alkanes) is 2. The maximum atomic E-state index is 8.75. The molecule has 1 heterocycles. The number of nitrogens with zero attached hydrogens (tertiary/aromatic N) is 2. The van der Waals surface area contributed by atoms with Crippen LogP contribution in [0.1, 0.15) is 24.8 Å². The van der Waals surface area contributed by atoms with E-state index in [2.05, 4.69) is 29.4 Å². The second-order valence-corrected chi connectivity index (χ2v) is 5.53. The number of hydrogen-bond acceptors (Lipinski definition) is 6. The quantitative estimate of drug-likeness (QED) is 0.256. The van der Waals surface area contributed by atoms with Crippen molar-refractivity contribution < 1.29 is 34.2 Å². The van der Waals surface area contributed by atoms with Crippen LogP contribution in [-0.4, -0.2) is 36.9 Å². The molecule has 0 saturated carbocycles. The van der Waals surface area contributed by atoms with Crippen molar-refractivity contribution in [3.63, 3.8) is 0 Å². The molecule has 9 heteroatoms. The summed E-state index contributed by atoms with van der Waals surface area (Å²) in [6, 6.07) is 6.01. The van der Waals surface area contributed by atoms with Gasteiger partial charge in [-0.1, -0.05) is 11.6 Å². The van der Waals surface area contributed by atoms with E-state index in [-0.39, 0.29) is 30.6 Å². The van der Waals surface area contributed by atoms with Gasteiger partial charge < -0.3 is 54.6 Å². The first kappa shape index (κ1) is 22.7. The number of nitrogens with one attached hydrogen (secondary N) is 1. The molecule has 1 aromatic rings. The van der Waals surface area contributed by atoms with Crippen molar-refractivity contribution in [2.75, 3.05) is 31.6 Å². The van der Waals surface area contributed by atoms with Crippen LogP contribution < -0.4 is 34.2 Å². The van der Waals surface area contributed by atoms with Gasteiger partial charge in [-0.3, -0.25) is 0 Å². The van der Waals surface area contributed by atoms with Crippen LogP contribution in [0.2, 0.25) is 5.02 Å². The molecule has 2 rings (SSSR count). The molecule has 136 valence electrons. The van der Waals surface area contributed by atoms with Crippen LogP contribution in [0.25, 0.3) is 5.70 Å². The lowest BCUT2D eigenvalue weighted by atomic mass is 10.0. The zero-order chi connectivity index (χ0) is 17.2. The van der Waals surface area contributed by atoms with Gasteiger partial charge in [-0.25, -0.2) is 0 Å². The lowest BCUT2D eigenvalue weighted by Crippen LogP contribution is -3.00. The van der Waals surface area contributed by atoms with Gasteiger partial charge in [0.2, 0.25) is 0 Å². The largest absolute Gasteiger partial charge is 1.00 e. The fourth-order valence-corrected chi connectivity index (χ4v) is 2.46. The van der Waals surface area contributed by atoms with E-state index in [0.29, 0.717) is 0 Å². The first-order valence-electron chi connectivity index (χ1n) is 7.33. The van der Waals surface area contributed by atoms with Gasteiger partial charge in [0, 0.05) is 48.7 Å². The summed E-state index contributed by atoms with van der Waals surface area (Å²) >= 11 is 6.06. The first-order chi connectivity index (χ1) is 11.0. The van der Waals surface area contributed by atoms with Gasteiger partial charge in [-0.2, -0.15) is 0 Å². The number of halogens is 2. The Hall–Kier alpha value is -1.26. The zero-order valence-corrected chi connectivity index (χ0v) is 16.3. The molecule has 0 aliphatic carbocycles. The first-order valence-corrected chi connectivity index (χ1v) is 7.71. The molecule has 24 heavy (non-hydrogen) atoms. The van der Waals surface area contributed by atoms with Crippen molar-refractivity contribution in [2.45, 2.75) is 19.3 Å². The average molecular weight is 470 g/mol. The predicted molar refractivity (Wildman–Crippen MR) is 92.0 cm³/mol. The molecule has 1 aromatic carbocycles. The molecule has 1 aliphatic heterocycles. The Kier molecular flexibility index (Phi) is 11.5. The minimum Gasteiger partial charge on any atom is -1.00 e. The average Bonchev–Trinajstić information content (AvgIpc) is 2.49. The Labute approximate surface area is 163 Å². The molecule has 0 radical (unpaired) electrons. The highest BCUT2D eigenvalue weighted by Gasteiger charge is 2.15. The van der Waals surface area contributed by atoms with Crippen LogP contribution >= 0.6 is 11.6 Å². The molecule has 0 fully saturated rings. The van der Waals surface area contributed by atoms with E-state index < -0.39 is 5.09 Å². The second kappa shape index (κ2) is 12.2. The van der Waals surface area contributed by atoms with E-state index in [1.807, 2.05) is 12.1 Å². The molecule has 1 aliphatic rings. The highest BCUT2D eigenvalue weighted by molar-refractivity contribution is 6.31. The highest BCUT2D eigenvalue weighted by atomic mass is 127. The van der Waals surface area contributed by atoms with Gasteiger partial charge in [-0.05, 0) is 43.5 Å². The summed E-state index contributed by atoms with van der Waals surface area (Å²) in [7, 11) is 2.07. The predicted octanol–water partition coefficient (Wildman–Crippen LogP) is -0.352. The van der Waals surface area contributed by atoms with Crippen molar-refractivity contribution >= 4 is 23.0 Å². The number of hydrogen-bond donors (Lipinski definition) is 2. The van der Waals surface area contributed by atoms with Gasteiger partial charge in [0.05, 0.1) is 5.09 Å². The molecule has 0 saturated heterocycles. The Bertz CT molecular complexity index is 554. The van der Waals surface area contributed by atoms with E-state index in [1.165, 1.54) is 16.9 Å². The van der Waals surface area contributed by atoms with Crippen molar-refractivity contribution in [3.8, 4) is 0 Å². The normalized spacial score (nSPS) is 12.1. The van der Waals surface area contributed by atoms with E-state index in [9.17, 15) is 0 Å². The topological polar surface area (TPSA) is 102 Å². The lowest BCUT2D eigenvalue weighted by molar-refractivity contribution is -0.402. The summed E-state index contributed by atoms with van der Waals surface area (Å²) in [6.45, 7) is 2.12. The summed E-state index contributed by atoms with van der Waals surface area (Å²) in [4.78, 5) is 10.4. The molecule has 0 aromatic heterocycles.